The first-order chi connectivity index (χ1) is 10.1. The third-order valence-corrected chi connectivity index (χ3v) is 3.93. The predicted molar refractivity (Wildman–Crippen MR) is 82.5 cm³/mol. The number of amides is 1. The highest BCUT2D eigenvalue weighted by atomic mass is 79.9. The van der Waals surface area contributed by atoms with Crippen molar-refractivity contribution in [2.24, 2.45) is 0 Å². The van der Waals surface area contributed by atoms with Crippen LogP contribution in [0.1, 0.15) is 22.0 Å². The summed E-state index contributed by atoms with van der Waals surface area (Å²) in [6.45, 7) is 2.34. The second-order valence-corrected chi connectivity index (χ2v) is 6.14. The van der Waals surface area contributed by atoms with Crippen LogP contribution < -0.4 is 5.32 Å². The van der Waals surface area contributed by atoms with Gasteiger partial charge in [-0.2, -0.15) is 5.10 Å². The SMILES string of the molecule is Cc1csc(NC(=O)c2ccc(Cn3cc(Br)cn3)o2)n1. The van der Waals surface area contributed by atoms with Crippen molar-refractivity contribution in [3.63, 3.8) is 0 Å². The van der Waals surface area contributed by atoms with E-state index in [-0.39, 0.29) is 11.7 Å². The third-order valence-electron chi connectivity index (χ3n) is 2.64. The molecular formula is C13H11BrN4O2S. The summed E-state index contributed by atoms with van der Waals surface area (Å²) < 4.78 is 8.14. The molecule has 0 aliphatic heterocycles. The van der Waals surface area contributed by atoms with Crippen LogP contribution in [0.15, 0.2) is 38.8 Å². The Labute approximate surface area is 132 Å². The number of aromatic nitrogens is 3. The van der Waals surface area contributed by atoms with Gasteiger partial charge >= 0.3 is 0 Å². The molecule has 0 atom stereocenters. The van der Waals surface area contributed by atoms with Crippen LogP contribution in [0.25, 0.3) is 0 Å². The van der Waals surface area contributed by atoms with Gasteiger partial charge in [-0.05, 0) is 35.0 Å². The maximum Gasteiger partial charge on any atom is 0.293 e. The molecule has 0 aromatic carbocycles. The monoisotopic (exact) mass is 366 g/mol. The van der Waals surface area contributed by atoms with E-state index in [2.05, 4.69) is 31.3 Å². The Morgan fingerprint density at radius 2 is 2.38 bits per heavy atom. The first-order valence-corrected chi connectivity index (χ1v) is 7.77. The van der Waals surface area contributed by atoms with Crippen LogP contribution in [-0.4, -0.2) is 20.7 Å². The van der Waals surface area contributed by atoms with Gasteiger partial charge in [0.2, 0.25) is 0 Å². The van der Waals surface area contributed by atoms with E-state index in [0.717, 1.165) is 10.2 Å². The van der Waals surface area contributed by atoms with E-state index in [1.807, 2.05) is 18.5 Å². The molecule has 0 spiro atoms. The summed E-state index contributed by atoms with van der Waals surface area (Å²) in [5.74, 6) is 0.604. The number of nitrogens with zero attached hydrogens (tertiary/aromatic N) is 3. The summed E-state index contributed by atoms with van der Waals surface area (Å²) >= 11 is 4.71. The van der Waals surface area contributed by atoms with Crippen LogP contribution >= 0.6 is 27.3 Å². The molecule has 0 aliphatic rings. The molecule has 108 valence electrons. The Morgan fingerprint density at radius 1 is 1.52 bits per heavy atom. The van der Waals surface area contributed by atoms with Crippen molar-refractivity contribution in [2.75, 3.05) is 5.32 Å². The number of aryl methyl sites for hydroxylation is 1. The number of carbonyl (C=O) groups excluding carboxylic acids is 1. The van der Waals surface area contributed by atoms with E-state index in [1.165, 1.54) is 11.3 Å². The number of nitrogens with one attached hydrogen (secondary N) is 1. The molecule has 0 fully saturated rings. The molecule has 6 nitrogen and oxygen atoms in total. The van der Waals surface area contributed by atoms with E-state index in [4.69, 9.17) is 4.42 Å². The van der Waals surface area contributed by atoms with Crippen LogP contribution in [0.5, 0.6) is 0 Å². The Balaban J connectivity index is 1.68. The Bertz CT molecular complexity index is 777. The minimum atomic E-state index is -0.308. The Morgan fingerprint density at radius 3 is 3.05 bits per heavy atom. The fourth-order valence-corrected chi connectivity index (χ4v) is 2.75. The van der Waals surface area contributed by atoms with Crippen molar-refractivity contribution in [3.8, 4) is 0 Å². The quantitative estimate of drug-likeness (QED) is 0.768. The summed E-state index contributed by atoms with van der Waals surface area (Å²) in [6, 6.07) is 3.40. The van der Waals surface area contributed by atoms with Crippen molar-refractivity contribution < 1.29 is 9.21 Å². The summed E-state index contributed by atoms with van der Waals surface area (Å²) in [5, 5.41) is 9.28. The van der Waals surface area contributed by atoms with Crippen molar-refractivity contribution in [1.82, 2.24) is 14.8 Å². The molecule has 3 aromatic heterocycles. The topological polar surface area (TPSA) is 73.0 Å². The molecule has 21 heavy (non-hydrogen) atoms. The fraction of sp³-hybridized carbons (Fsp3) is 0.154. The van der Waals surface area contributed by atoms with Crippen LogP contribution in [0.2, 0.25) is 0 Å². The number of rotatable bonds is 4. The van der Waals surface area contributed by atoms with Crippen LogP contribution in [0, 0.1) is 6.92 Å². The molecule has 8 heteroatoms. The lowest BCUT2D eigenvalue weighted by molar-refractivity contribution is 0.0994. The van der Waals surface area contributed by atoms with Crippen LogP contribution in [-0.2, 0) is 6.54 Å². The highest BCUT2D eigenvalue weighted by Gasteiger charge is 2.13. The standard InChI is InChI=1S/C13H11BrN4O2S/c1-8-7-21-13(16-8)17-12(19)11-3-2-10(20-11)6-18-5-9(14)4-15-18/h2-5,7H,6H2,1H3,(H,16,17,19). The highest BCUT2D eigenvalue weighted by Crippen LogP contribution is 2.17. The maximum atomic E-state index is 12.0. The summed E-state index contributed by atoms with van der Waals surface area (Å²) in [7, 11) is 0. The highest BCUT2D eigenvalue weighted by molar-refractivity contribution is 9.10. The molecule has 3 aromatic rings. The zero-order chi connectivity index (χ0) is 14.8. The number of carbonyl (C=O) groups is 1. The van der Waals surface area contributed by atoms with Crippen molar-refractivity contribution in [3.05, 3.63) is 51.6 Å². The van der Waals surface area contributed by atoms with Gasteiger partial charge in [-0.15, -0.1) is 11.3 Å². The van der Waals surface area contributed by atoms with Crippen LogP contribution in [0.3, 0.4) is 0 Å². The third kappa shape index (κ3) is 3.40. The van der Waals surface area contributed by atoms with Crippen molar-refractivity contribution in [1.29, 1.82) is 0 Å². The number of halogens is 1. The molecule has 0 saturated carbocycles. The van der Waals surface area contributed by atoms with E-state index >= 15 is 0 Å². The van der Waals surface area contributed by atoms with Gasteiger partial charge in [0.25, 0.3) is 5.91 Å². The average molecular weight is 367 g/mol. The lowest BCUT2D eigenvalue weighted by atomic mass is 10.4. The number of anilines is 1. The number of hydrogen-bond acceptors (Lipinski definition) is 5. The Hall–Kier alpha value is -1.93. The van der Waals surface area contributed by atoms with Gasteiger partial charge in [0.15, 0.2) is 10.9 Å². The zero-order valence-corrected chi connectivity index (χ0v) is 13.4. The van der Waals surface area contributed by atoms with Gasteiger partial charge in [-0.3, -0.25) is 14.8 Å². The first kappa shape index (κ1) is 14.0. The van der Waals surface area contributed by atoms with Crippen molar-refractivity contribution in [2.45, 2.75) is 13.5 Å². The molecule has 0 bridgehead atoms. The first-order valence-electron chi connectivity index (χ1n) is 6.10. The lowest BCUT2D eigenvalue weighted by Gasteiger charge is -1.99. The maximum absolute atomic E-state index is 12.0. The van der Waals surface area contributed by atoms with Gasteiger partial charge in [-0.1, -0.05) is 0 Å². The minimum Gasteiger partial charge on any atom is -0.454 e. The lowest BCUT2D eigenvalue weighted by Crippen LogP contribution is -2.10. The van der Waals surface area contributed by atoms with Gasteiger partial charge in [0, 0.05) is 11.6 Å². The number of furan rings is 1. The molecular weight excluding hydrogens is 356 g/mol. The van der Waals surface area contributed by atoms with E-state index in [0.29, 0.717) is 17.4 Å². The number of hydrogen-bond donors (Lipinski definition) is 1. The minimum absolute atomic E-state index is 0.254. The van der Waals surface area contributed by atoms with Crippen LogP contribution in [0.4, 0.5) is 5.13 Å². The zero-order valence-electron chi connectivity index (χ0n) is 11.0. The second-order valence-electron chi connectivity index (χ2n) is 4.37. The normalized spacial score (nSPS) is 10.8. The average Bonchev–Trinajstić information content (AvgIpc) is 3.13. The molecule has 0 aliphatic carbocycles. The molecule has 1 amide bonds. The van der Waals surface area contributed by atoms with Gasteiger partial charge < -0.3 is 4.42 Å². The van der Waals surface area contributed by atoms with Gasteiger partial charge in [0.05, 0.1) is 22.9 Å². The fourth-order valence-electron chi connectivity index (χ4n) is 1.74. The molecule has 0 unspecified atom stereocenters. The molecule has 3 rings (SSSR count). The number of thiazole rings is 1. The molecule has 0 saturated heterocycles. The van der Waals surface area contributed by atoms with E-state index in [9.17, 15) is 4.79 Å². The van der Waals surface area contributed by atoms with Gasteiger partial charge in [-0.25, -0.2) is 4.98 Å². The van der Waals surface area contributed by atoms with Gasteiger partial charge in [0.1, 0.15) is 5.76 Å². The van der Waals surface area contributed by atoms with E-state index < -0.39 is 0 Å². The molecule has 1 N–H and O–H groups in total. The smallest absolute Gasteiger partial charge is 0.293 e. The molecule has 0 radical (unpaired) electrons. The predicted octanol–water partition coefficient (Wildman–Crippen LogP) is 3.30. The van der Waals surface area contributed by atoms with E-state index in [1.54, 1.807) is 23.0 Å². The Kier molecular flexibility index (Phi) is 3.89. The second kappa shape index (κ2) is 5.82. The summed E-state index contributed by atoms with van der Waals surface area (Å²) in [4.78, 5) is 16.2. The molecule has 3 heterocycles. The summed E-state index contributed by atoms with van der Waals surface area (Å²) in [5.41, 5.74) is 0.875. The largest absolute Gasteiger partial charge is 0.454 e. The summed E-state index contributed by atoms with van der Waals surface area (Å²) in [6.07, 6.45) is 3.53. The van der Waals surface area contributed by atoms with Crippen molar-refractivity contribution >= 4 is 38.3 Å².